The second kappa shape index (κ2) is 5.79. The fourth-order valence-corrected chi connectivity index (χ4v) is 2.14. The van der Waals surface area contributed by atoms with Crippen molar-refractivity contribution in [2.45, 2.75) is 24.1 Å². The van der Waals surface area contributed by atoms with Crippen LogP contribution in [0.5, 0.6) is 0 Å². The quantitative estimate of drug-likeness (QED) is 0.747. The smallest absolute Gasteiger partial charge is 0.369 e. The summed E-state index contributed by atoms with van der Waals surface area (Å²) in [6.45, 7) is 0. The van der Waals surface area contributed by atoms with Gasteiger partial charge in [0.05, 0.1) is 5.56 Å². The standard InChI is InChI=1S/C13H7F9N2O2/c14-11(15,16)8-7(9(23)26-24-8)5-1-3-6(4-2-5)10(25,12(17,18)19)13(20,21)22/h1-4,25H,23H2. The van der Waals surface area contributed by atoms with E-state index in [4.69, 9.17) is 5.73 Å². The van der Waals surface area contributed by atoms with Crippen molar-refractivity contribution in [3.05, 3.63) is 35.5 Å². The Balaban J connectivity index is 2.58. The second-order valence-corrected chi connectivity index (χ2v) is 5.05. The first-order valence-corrected chi connectivity index (χ1v) is 6.39. The predicted octanol–water partition coefficient (Wildman–Crippen LogP) is 4.25. The lowest BCUT2D eigenvalue weighted by molar-refractivity contribution is -0.376. The fraction of sp³-hybridized carbons (Fsp3) is 0.308. The van der Waals surface area contributed by atoms with Crippen LogP contribution in [0.2, 0.25) is 0 Å². The molecule has 0 aliphatic heterocycles. The summed E-state index contributed by atoms with van der Waals surface area (Å²) in [5, 5.41) is 11.9. The van der Waals surface area contributed by atoms with E-state index in [2.05, 4.69) is 9.68 Å². The highest BCUT2D eigenvalue weighted by atomic mass is 19.4. The summed E-state index contributed by atoms with van der Waals surface area (Å²) >= 11 is 0. The largest absolute Gasteiger partial charge is 0.437 e. The molecule has 3 N–H and O–H groups in total. The summed E-state index contributed by atoms with van der Waals surface area (Å²) in [5.74, 6) is -0.841. The van der Waals surface area contributed by atoms with E-state index >= 15 is 0 Å². The molecule has 0 bridgehead atoms. The molecule has 0 unspecified atom stereocenters. The van der Waals surface area contributed by atoms with E-state index in [1.807, 2.05) is 0 Å². The number of rotatable bonds is 2. The molecule has 0 spiro atoms. The molecule has 0 amide bonds. The summed E-state index contributed by atoms with van der Waals surface area (Å²) in [4.78, 5) is 0. The summed E-state index contributed by atoms with van der Waals surface area (Å²) in [6.07, 6.45) is -17.3. The molecular formula is C13H7F9N2O2. The molecule has 0 fully saturated rings. The van der Waals surface area contributed by atoms with Crippen LogP contribution >= 0.6 is 0 Å². The third kappa shape index (κ3) is 3.06. The Morgan fingerprint density at radius 3 is 1.69 bits per heavy atom. The van der Waals surface area contributed by atoms with Crippen molar-refractivity contribution in [2.75, 3.05) is 5.73 Å². The van der Waals surface area contributed by atoms with E-state index in [1.54, 1.807) is 0 Å². The van der Waals surface area contributed by atoms with Crippen molar-refractivity contribution < 1.29 is 49.1 Å². The van der Waals surface area contributed by atoms with Crippen molar-refractivity contribution in [1.29, 1.82) is 0 Å². The number of nitrogens with zero attached hydrogens (tertiary/aromatic N) is 1. The summed E-state index contributed by atoms with van der Waals surface area (Å²) in [6, 6.07) is 1.36. The van der Waals surface area contributed by atoms with Gasteiger partial charge >= 0.3 is 18.5 Å². The van der Waals surface area contributed by atoms with Crippen LogP contribution in [0.3, 0.4) is 0 Å². The maximum Gasteiger partial charge on any atom is 0.437 e. The lowest BCUT2D eigenvalue weighted by atomic mass is 9.90. The number of aliphatic hydroxyl groups is 1. The predicted molar refractivity (Wildman–Crippen MR) is 67.4 cm³/mol. The lowest BCUT2D eigenvalue weighted by Crippen LogP contribution is -2.53. The minimum Gasteiger partial charge on any atom is -0.369 e. The van der Waals surface area contributed by atoms with Crippen LogP contribution in [0.1, 0.15) is 11.3 Å². The molecule has 13 heteroatoms. The van der Waals surface area contributed by atoms with E-state index in [9.17, 15) is 44.6 Å². The summed E-state index contributed by atoms with van der Waals surface area (Å²) in [5.41, 5.74) is -4.61. The summed E-state index contributed by atoms with van der Waals surface area (Å²) < 4.78 is 119. The number of alkyl halides is 9. The van der Waals surface area contributed by atoms with Gasteiger partial charge in [0.25, 0.3) is 5.60 Å². The van der Waals surface area contributed by atoms with Gasteiger partial charge in [-0.2, -0.15) is 39.5 Å². The number of hydrogen-bond donors (Lipinski definition) is 2. The molecule has 0 atom stereocenters. The van der Waals surface area contributed by atoms with Crippen LogP contribution in [0.25, 0.3) is 11.1 Å². The van der Waals surface area contributed by atoms with Gasteiger partial charge in [-0.1, -0.05) is 29.4 Å². The molecule has 0 saturated heterocycles. The summed E-state index contributed by atoms with van der Waals surface area (Å²) in [7, 11) is 0. The fourth-order valence-electron chi connectivity index (χ4n) is 2.14. The average Bonchev–Trinajstić information content (AvgIpc) is 2.86. The molecule has 0 aliphatic carbocycles. The number of nitrogen functional groups attached to an aromatic ring is 1. The molecule has 0 radical (unpaired) electrons. The Bertz CT molecular complexity index is 774. The van der Waals surface area contributed by atoms with Gasteiger partial charge in [0, 0.05) is 5.56 Å². The van der Waals surface area contributed by atoms with Crippen LogP contribution in [0, 0.1) is 0 Å². The lowest BCUT2D eigenvalue weighted by Gasteiger charge is -2.32. The van der Waals surface area contributed by atoms with E-state index in [0.717, 1.165) is 0 Å². The van der Waals surface area contributed by atoms with Gasteiger partial charge in [-0.25, -0.2) is 0 Å². The first-order chi connectivity index (χ1) is 11.6. The minimum absolute atomic E-state index is 0.183. The van der Waals surface area contributed by atoms with Gasteiger partial charge in [-0.15, -0.1) is 0 Å². The zero-order valence-electron chi connectivity index (χ0n) is 12.1. The normalized spacial score (nSPS) is 13.9. The number of halogens is 9. The van der Waals surface area contributed by atoms with E-state index in [1.165, 1.54) is 0 Å². The average molecular weight is 394 g/mol. The van der Waals surface area contributed by atoms with Crippen LogP contribution in [-0.4, -0.2) is 22.6 Å². The maximum absolute atomic E-state index is 12.8. The van der Waals surface area contributed by atoms with Crippen LogP contribution in [-0.2, 0) is 11.8 Å². The highest BCUT2D eigenvalue weighted by Gasteiger charge is 2.71. The van der Waals surface area contributed by atoms with E-state index < -0.39 is 52.4 Å². The van der Waals surface area contributed by atoms with Crippen molar-refractivity contribution >= 4 is 5.88 Å². The Morgan fingerprint density at radius 2 is 1.31 bits per heavy atom. The maximum atomic E-state index is 12.8. The number of anilines is 1. The Labute approximate surface area is 138 Å². The molecule has 1 heterocycles. The Kier molecular flexibility index (Phi) is 4.43. The molecule has 2 rings (SSSR count). The molecule has 0 saturated carbocycles. The van der Waals surface area contributed by atoms with Crippen molar-refractivity contribution in [2.24, 2.45) is 0 Å². The minimum atomic E-state index is -6.12. The van der Waals surface area contributed by atoms with Crippen molar-refractivity contribution in [3.8, 4) is 11.1 Å². The number of hydrogen-bond acceptors (Lipinski definition) is 4. The van der Waals surface area contributed by atoms with Crippen LogP contribution < -0.4 is 5.73 Å². The van der Waals surface area contributed by atoms with Gasteiger partial charge in [-0.05, 0) is 5.56 Å². The van der Waals surface area contributed by atoms with Gasteiger partial charge in [0.15, 0.2) is 5.69 Å². The topological polar surface area (TPSA) is 72.3 Å². The van der Waals surface area contributed by atoms with Crippen molar-refractivity contribution in [1.82, 2.24) is 5.16 Å². The first kappa shape index (κ1) is 19.9. The van der Waals surface area contributed by atoms with Crippen LogP contribution in [0.15, 0.2) is 28.8 Å². The first-order valence-electron chi connectivity index (χ1n) is 6.39. The molecule has 2 aromatic rings. The molecule has 1 aromatic heterocycles. The van der Waals surface area contributed by atoms with Gasteiger partial charge in [-0.3, -0.25) is 0 Å². The third-order valence-electron chi connectivity index (χ3n) is 3.40. The number of aromatic nitrogens is 1. The zero-order valence-corrected chi connectivity index (χ0v) is 12.1. The Hall–Kier alpha value is -2.44. The van der Waals surface area contributed by atoms with Gasteiger partial charge in [0.1, 0.15) is 0 Å². The van der Waals surface area contributed by atoms with E-state index in [0.29, 0.717) is 12.1 Å². The number of nitrogens with two attached hydrogens (primary N) is 1. The zero-order chi connectivity index (χ0) is 20.1. The molecule has 4 nitrogen and oxygen atoms in total. The van der Waals surface area contributed by atoms with Crippen LogP contribution in [0.4, 0.5) is 45.4 Å². The molecule has 1 aromatic carbocycles. The molecule has 144 valence electrons. The third-order valence-corrected chi connectivity index (χ3v) is 3.40. The van der Waals surface area contributed by atoms with Gasteiger partial charge < -0.3 is 15.4 Å². The molecule has 0 aliphatic rings. The second-order valence-electron chi connectivity index (χ2n) is 5.05. The monoisotopic (exact) mass is 394 g/mol. The van der Waals surface area contributed by atoms with Crippen molar-refractivity contribution in [3.63, 3.8) is 0 Å². The SMILES string of the molecule is Nc1onc(C(F)(F)F)c1-c1ccc(C(O)(C(F)(F)F)C(F)(F)F)cc1. The highest BCUT2D eigenvalue weighted by molar-refractivity contribution is 5.75. The van der Waals surface area contributed by atoms with E-state index in [-0.39, 0.29) is 12.1 Å². The molecule has 26 heavy (non-hydrogen) atoms. The molecular weight excluding hydrogens is 387 g/mol. The number of benzene rings is 1. The highest BCUT2D eigenvalue weighted by Crippen LogP contribution is 2.50. The Morgan fingerprint density at radius 1 is 0.846 bits per heavy atom. The van der Waals surface area contributed by atoms with Gasteiger partial charge in [0.2, 0.25) is 5.88 Å².